The van der Waals surface area contributed by atoms with Crippen LogP contribution in [-0.4, -0.2) is 37.2 Å². The Morgan fingerprint density at radius 3 is 0.839 bits per heavy atom. The monoisotopic (exact) mass is 877 g/mol. The van der Waals surface area contributed by atoms with Crippen LogP contribution in [0, 0.1) is 17.8 Å². The van der Waals surface area contributed by atoms with Gasteiger partial charge in [0.25, 0.3) is 0 Å². The minimum absolute atomic E-state index is 0.0644. The van der Waals surface area contributed by atoms with Crippen LogP contribution in [0.4, 0.5) is 0 Å². The summed E-state index contributed by atoms with van der Waals surface area (Å²) >= 11 is 0. The number of hydrogen-bond donors (Lipinski definition) is 0. The van der Waals surface area contributed by atoms with Gasteiger partial charge < -0.3 is 14.2 Å². The van der Waals surface area contributed by atoms with Gasteiger partial charge in [0.15, 0.2) is 6.10 Å². The van der Waals surface area contributed by atoms with Crippen molar-refractivity contribution in [3.63, 3.8) is 0 Å². The van der Waals surface area contributed by atoms with Crippen molar-refractivity contribution in [3.8, 4) is 0 Å². The van der Waals surface area contributed by atoms with E-state index in [9.17, 15) is 14.4 Å². The van der Waals surface area contributed by atoms with E-state index < -0.39 is 6.10 Å². The molecule has 0 bridgehead atoms. The van der Waals surface area contributed by atoms with E-state index in [1.807, 2.05) is 0 Å². The summed E-state index contributed by atoms with van der Waals surface area (Å²) in [6.45, 7) is 13.8. The lowest BCUT2D eigenvalue weighted by atomic mass is 9.99. The summed E-state index contributed by atoms with van der Waals surface area (Å²) in [6, 6.07) is 0. The predicted octanol–water partition coefficient (Wildman–Crippen LogP) is 17.9. The Kier molecular flexibility index (Phi) is 46.2. The highest BCUT2D eigenvalue weighted by Gasteiger charge is 2.19. The minimum Gasteiger partial charge on any atom is -0.462 e. The Labute approximate surface area is 387 Å². The average molecular weight is 877 g/mol. The molecule has 0 saturated heterocycles. The minimum atomic E-state index is -0.763. The zero-order valence-electron chi connectivity index (χ0n) is 42.7. The van der Waals surface area contributed by atoms with Crippen molar-refractivity contribution in [2.24, 2.45) is 17.8 Å². The molecule has 0 aromatic heterocycles. The third-order valence-electron chi connectivity index (χ3n) is 13.4. The molecule has 0 rings (SSSR count). The van der Waals surface area contributed by atoms with Gasteiger partial charge in [0.2, 0.25) is 0 Å². The van der Waals surface area contributed by atoms with Gasteiger partial charge in [-0.05, 0) is 37.0 Å². The molecule has 0 heterocycles. The summed E-state index contributed by atoms with van der Waals surface area (Å²) in [7, 11) is 0. The maximum absolute atomic E-state index is 12.8. The van der Waals surface area contributed by atoms with Crippen LogP contribution in [0.5, 0.6) is 0 Å². The van der Waals surface area contributed by atoms with E-state index in [0.29, 0.717) is 19.3 Å². The van der Waals surface area contributed by atoms with Crippen LogP contribution in [0.25, 0.3) is 0 Å². The molecule has 0 aliphatic rings. The highest BCUT2D eigenvalue weighted by molar-refractivity contribution is 5.71. The molecular formula is C56H108O6. The highest BCUT2D eigenvalue weighted by atomic mass is 16.6. The third kappa shape index (κ3) is 46.4. The number of esters is 3. The fourth-order valence-corrected chi connectivity index (χ4v) is 8.40. The van der Waals surface area contributed by atoms with Gasteiger partial charge in [-0.15, -0.1) is 0 Å². The zero-order valence-corrected chi connectivity index (χ0v) is 42.7. The highest BCUT2D eigenvalue weighted by Crippen LogP contribution is 2.19. The maximum Gasteiger partial charge on any atom is 0.306 e. The molecule has 62 heavy (non-hydrogen) atoms. The molecule has 6 nitrogen and oxygen atoms in total. The Morgan fingerprint density at radius 2 is 0.565 bits per heavy atom. The normalized spacial score (nSPS) is 13.0. The van der Waals surface area contributed by atoms with E-state index in [-0.39, 0.29) is 31.1 Å². The van der Waals surface area contributed by atoms with Crippen molar-refractivity contribution in [1.29, 1.82) is 0 Å². The quantitative estimate of drug-likeness (QED) is 0.0344. The molecule has 3 atom stereocenters. The van der Waals surface area contributed by atoms with Crippen LogP contribution in [-0.2, 0) is 28.6 Å². The molecule has 0 aliphatic heterocycles. The van der Waals surface area contributed by atoms with Gasteiger partial charge in [0, 0.05) is 19.3 Å². The SMILES string of the molecule is CCC(C)CCCCCCCCCCCCCCCCC(=O)OC[C@@H](COC(=O)CCCCCCCCCCCCCC(C)C)OC(=O)CCCCCCCCCCC(C)CC. The molecule has 0 spiro atoms. The van der Waals surface area contributed by atoms with Crippen molar-refractivity contribution in [2.45, 2.75) is 311 Å². The van der Waals surface area contributed by atoms with Crippen molar-refractivity contribution < 1.29 is 28.6 Å². The van der Waals surface area contributed by atoms with E-state index in [1.165, 1.54) is 186 Å². The van der Waals surface area contributed by atoms with Crippen molar-refractivity contribution >= 4 is 17.9 Å². The van der Waals surface area contributed by atoms with Crippen LogP contribution >= 0.6 is 0 Å². The fourth-order valence-electron chi connectivity index (χ4n) is 8.40. The molecule has 6 heteroatoms. The number of carbonyl (C=O) groups is 3. The number of rotatable bonds is 49. The first-order chi connectivity index (χ1) is 30.2. The van der Waals surface area contributed by atoms with Crippen molar-refractivity contribution in [3.05, 3.63) is 0 Å². The first-order valence-electron chi connectivity index (χ1n) is 27.7. The number of carbonyl (C=O) groups excluding carboxylic acids is 3. The smallest absolute Gasteiger partial charge is 0.306 e. The standard InChI is InChI=1S/C56H108O6/c1-7-51(5)43-37-31-25-19-15-11-9-10-12-16-20-27-33-39-45-54(57)60-48-53(62-56(59)47-41-35-29-23-22-26-32-38-44-52(6)8-2)49-61-55(58)46-40-34-28-21-17-13-14-18-24-30-36-42-50(3)4/h50-53H,7-49H2,1-6H3/t51?,52?,53-/m0/s1. The summed E-state index contributed by atoms with van der Waals surface area (Å²) in [5.74, 6) is 1.72. The van der Waals surface area contributed by atoms with E-state index in [4.69, 9.17) is 14.2 Å². The number of ether oxygens (including phenoxy) is 3. The molecule has 0 radical (unpaired) electrons. The average Bonchev–Trinajstić information content (AvgIpc) is 3.26. The largest absolute Gasteiger partial charge is 0.462 e. The molecule has 0 fully saturated rings. The lowest BCUT2D eigenvalue weighted by molar-refractivity contribution is -0.167. The molecule has 0 amide bonds. The molecule has 0 saturated carbocycles. The number of unbranched alkanes of at least 4 members (excludes halogenated alkanes) is 30. The Balaban J connectivity index is 4.29. The number of hydrogen-bond acceptors (Lipinski definition) is 6. The van der Waals surface area contributed by atoms with Gasteiger partial charge in [-0.25, -0.2) is 0 Å². The summed E-state index contributed by atoms with van der Waals surface area (Å²) in [6.07, 6.45) is 47.9. The first kappa shape index (κ1) is 60.4. The molecular weight excluding hydrogens is 769 g/mol. The van der Waals surface area contributed by atoms with Gasteiger partial charge in [-0.1, -0.05) is 266 Å². The van der Waals surface area contributed by atoms with Crippen LogP contribution in [0.2, 0.25) is 0 Å². The molecule has 0 aromatic rings. The van der Waals surface area contributed by atoms with Crippen LogP contribution in [0.15, 0.2) is 0 Å². The molecule has 0 aliphatic carbocycles. The van der Waals surface area contributed by atoms with E-state index in [0.717, 1.165) is 75.5 Å². The second-order valence-corrected chi connectivity index (χ2v) is 20.2. The van der Waals surface area contributed by atoms with Gasteiger partial charge in [0.05, 0.1) is 0 Å². The van der Waals surface area contributed by atoms with Gasteiger partial charge in [-0.2, -0.15) is 0 Å². The fraction of sp³-hybridized carbons (Fsp3) is 0.946. The first-order valence-corrected chi connectivity index (χ1v) is 27.7. The van der Waals surface area contributed by atoms with Gasteiger partial charge in [0.1, 0.15) is 13.2 Å². The summed E-state index contributed by atoms with van der Waals surface area (Å²) < 4.78 is 16.9. The predicted molar refractivity (Wildman–Crippen MR) is 266 cm³/mol. The molecule has 0 N–H and O–H groups in total. The van der Waals surface area contributed by atoms with Crippen molar-refractivity contribution in [1.82, 2.24) is 0 Å². The van der Waals surface area contributed by atoms with Crippen LogP contribution in [0.1, 0.15) is 305 Å². The molecule has 2 unspecified atom stereocenters. The van der Waals surface area contributed by atoms with Crippen molar-refractivity contribution in [2.75, 3.05) is 13.2 Å². The Bertz CT molecular complexity index is 964. The van der Waals surface area contributed by atoms with E-state index >= 15 is 0 Å². The van der Waals surface area contributed by atoms with E-state index in [1.54, 1.807) is 0 Å². The topological polar surface area (TPSA) is 78.9 Å². The molecule has 0 aromatic carbocycles. The van der Waals surface area contributed by atoms with Gasteiger partial charge >= 0.3 is 17.9 Å². The van der Waals surface area contributed by atoms with Crippen LogP contribution < -0.4 is 0 Å². The van der Waals surface area contributed by atoms with E-state index in [2.05, 4.69) is 41.5 Å². The molecule has 368 valence electrons. The zero-order chi connectivity index (χ0) is 45.6. The lowest BCUT2D eigenvalue weighted by Crippen LogP contribution is -2.30. The summed E-state index contributed by atoms with van der Waals surface area (Å²) in [4.78, 5) is 38.0. The Morgan fingerprint density at radius 1 is 0.323 bits per heavy atom. The van der Waals surface area contributed by atoms with Crippen LogP contribution in [0.3, 0.4) is 0 Å². The second kappa shape index (κ2) is 47.4. The summed E-state index contributed by atoms with van der Waals surface area (Å²) in [5.41, 5.74) is 0. The van der Waals surface area contributed by atoms with Gasteiger partial charge in [-0.3, -0.25) is 14.4 Å². The maximum atomic E-state index is 12.8. The second-order valence-electron chi connectivity index (χ2n) is 20.2. The summed E-state index contributed by atoms with van der Waals surface area (Å²) in [5, 5.41) is 0. The Hall–Kier alpha value is -1.59. The third-order valence-corrected chi connectivity index (χ3v) is 13.4. The lowest BCUT2D eigenvalue weighted by Gasteiger charge is -2.18.